The van der Waals surface area contributed by atoms with Crippen molar-refractivity contribution in [2.24, 2.45) is 0 Å². The maximum atomic E-state index is 9.69. The lowest BCUT2D eigenvalue weighted by Crippen LogP contribution is -2.03. The van der Waals surface area contributed by atoms with Crippen molar-refractivity contribution in [2.45, 2.75) is 33.4 Å². The van der Waals surface area contributed by atoms with Crippen LogP contribution in [0.15, 0.2) is 24.3 Å². The predicted octanol–water partition coefficient (Wildman–Crippen LogP) is 3.02. The van der Waals surface area contributed by atoms with Crippen LogP contribution in [0.25, 0.3) is 10.9 Å². The van der Waals surface area contributed by atoms with Crippen molar-refractivity contribution in [3.8, 4) is 0 Å². The van der Waals surface area contributed by atoms with Crippen molar-refractivity contribution < 1.29 is 5.11 Å². The van der Waals surface area contributed by atoms with Crippen LogP contribution >= 0.6 is 0 Å². The van der Waals surface area contributed by atoms with Crippen molar-refractivity contribution in [1.82, 2.24) is 4.57 Å². The topological polar surface area (TPSA) is 25.2 Å². The molecule has 80 valence electrons. The molecule has 1 heterocycles. The third-order valence-corrected chi connectivity index (χ3v) is 2.84. The number of hydrogen-bond acceptors (Lipinski definition) is 1. The first-order valence-electron chi connectivity index (χ1n) is 5.41. The fourth-order valence-corrected chi connectivity index (χ4v) is 2.08. The molecule has 1 atom stereocenters. The van der Waals surface area contributed by atoms with Gasteiger partial charge in [0.25, 0.3) is 0 Å². The highest BCUT2D eigenvalue weighted by Crippen LogP contribution is 2.25. The molecule has 0 radical (unpaired) electrons. The molecule has 0 aliphatic carbocycles. The van der Waals surface area contributed by atoms with Gasteiger partial charge in [0.05, 0.1) is 6.10 Å². The minimum Gasteiger partial charge on any atom is -0.387 e. The summed E-state index contributed by atoms with van der Waals surface area (Å²) in [4.78, 5) is 0. The summed E-state index contributed by atoms with van der Waals surface area (Å²) in [6.07, 6.45) is -0.405. The first-order valence-corrected chi connectivity index (χ1v) is 5.41. The van der Waals surface area contributed by atoms with E-state index in [0.29, 0.717) is 0 Å². The number of aliphatic hydroxyl groups excluding tert-OH is 1. The lowest BCUT2D eigenvalue weighted by molar-refractivity contribution is 0.190. The summed E-state index contributed by atoms with van der Waals surface area (Å²) in [7, 11) is 0. The molecule has 0 bridgehead atoms. The van der Waals surface area contributed by atoms with Crippen molar-refractivity contribution in [2.75, 3.05) is 0 Å². The van der Waals surface area contributed by atoms with E-state index in [4.69, 9.17) is 0 Å². The Morgan fingerprint density at radius 2 is 2.07 bits per heavy atom. The molecule has 2 aromatic rings. The van der Waals surface area contributed by atoms with Gasteiger partial charge in [-0.2, -0.15) is 0 Å². The van der Waals surface area contributed by atoms with Crippen molar-refractivity contribution in [1.29, 1.82) is 0 Å². The summed E-state index contributed by atoms with van der Waals surface area (Å²) in [5.41, 5.74) is 3.47. The largest absolute Gasteiger partial charge is 0.387 e. The Morgan fingerprint density at radius 3 is 2.67 bits per heavy atom. The maximum absolute atomic E-state index is 9.69. The zero-order chi connectivity index (χ0) is 11.0. The van der Waals surface area contributed by atoms with E-state index >= 15 is 0 Å². The summed E-state index contributed by atoms with van der Waals surface area (Å²) >= 11 is 0. The number of nitrogens with zero attached hydrogens (tertiary/aromatic N) is 1. The number of rotatable bonds is 2. The second kappa shape index (κ2) is 3.70. The maximum Gasteiger partial charge on any atom is 0.0912 e. The Kier molecular flexibility index (Phi) is 2.53. The van der Waals surface area contributed by atoms with Crippen LogP contribution in [-0.2, 0) is 6.54 Å². The lowest BCUT2D eigenvalue weighted by Gasteiger charge is -2.09. The molecule has 0 saturated carbocycles. The fourth-order valence-electron chi connectivity index (χ4n) is 2.08. The van der Waals surface area contributed by atoms with Crippen LogP contribution in [0.1, 0.15) is 31.2 Å². The molecule has 0 saturated heterocycles. The van der Waals surface area contributed by atoms with Gasteiger partial charge in [0.15, 0.2) is 0 Å². The Hall–Kier alpha value is -1.28. The molecular weight excluding hydrogens is 186 g/mol. The molecule has 1 aromatic heterocycles. The molecular formula is C13H17NO. The molecule has 1 N–H and O–H groups in total. The van der Waals surface area contributed by atoms with Gasteiger partial charge in [-0.3, -0.25) is 0 Å². The molecule has 0 amide bonds. The van der Waals surface area contributed by atoms with E-state index in [1.165, 1.54) is 16.5 Å². The van der Waals surface area contributed by atoms with E-state index in [2.05, 4.69) is 42.7 Å². The van der Waals surface area contributed by atoms with Gasteiger partial charge >= 0.3 is 0 Å². The Morgan fingerprint density at radius 1 is 1.33 bits per heavy atom. The summed E-state index contributed by atoms with van der Waals surface area (Å²) in [5.74, 6) is 0. The summed E-state index contributed by atoms with van der Waals surface area (Å²) < 4.78 is 2.17. The average molecular weight is 203 g/mol. The van der Waals surface area contributed by atoms with E-state index in [1.807, 2.05) is 6.92 Å². The van der Waals surface area contributed by atoms with Crippen LogP contribution in [0.2, 0.25) is 0 Å². The number of aryl methyl sites for hydroxylation is 2. The molecule has 0 aliphatic heterocycles. The number of fused-ring (bicyclic) bond motifs is 1. The molecule has 2 nitrogen and oxygen atoms in total. The Balaban J connectivity index is 2.74. The third kappa shape index (κ3) is 1.65. The zero-order valence-corrected chi connectivity index (χ0v) is 9.49. The molecule has 0 aliphatic rings. The predicted molar refractivity (Wildman–Crippen MR) is 63.0 cm³/mol. The van der Waals surface area contributed by atoms with Crippen molar-refractivity contribution >= 4 is 10.9 Å². The smallest absolute Gasteiger partial charge is 0.0912 e. The fraction of sp³-hybridized carbons (Fsp3) is 0.385. The molecule has 1 aromatic carbocycles. The highest BCUT2D eigenvalue weighted by Gasteiger charge is 2.11. The van der Waals surface area contributed by atoms with Gasteiger partial charge in [-0.1, -0.05) is 12.1 Å². The van der Waals surface area contributed by atoms with Crippen LogP contribution < -0.4 is 0 Å². The van der Waals surface area contributed by atoms with Gasteiger partial charge in [0.2, 0.25) is 0 Å². The van der Waals surface area contributed by atoms with Crippen LogP contribution in [0.5, 0.6) is 0 Å². The van der Waals surface area contributed by atoms with Gasteiger partial charge in [-0.15, -0.1) is 0 Å². The zero-order valence-electron chi connectivity index (χ0n) is 9.49. The quantitative estimate of drug-likeness (QED) is 0.797. The Bertz CT molecular complexity index is 482. The molecule has 0 fully saturated rings. The number of hydrogen-bond donors (Lipinski definition) is 1. The van der Waals surface area contributed by atoms with E-state index < -0.39 is 6.10 Å². The highest BCUT2D eigenvalue weighted by molar-refractivity contribution is 5.82. The van der Waals surface area contributed by atoms with Crippen LogP contribution in [-0.4, -0.2) is 9.67 Å². The van der Waals surface area contributed by atoms with Gasteiger partial charge in [0, 0.05) is 17.8 Å². The second-order valence-electron chi connectivity index (χ2n) is 4.05. The van der Waals surface area contributed by atoms with Gasteiger partial charge in [-0.05, 0) is 43.9 Å². The van der Waals surface area contributed by atoms with Crippen molar-refractivity contribution in [3.63, 3.8) is 0 Å². The molecule has 1 unspecified atom stereocenters. The van der Waals surface area contributed by atoms with Gasteiger partial charge in [-0.25, -0.2) is 0 Å². The molecule has 0 spiro atoms. The summed E-state index contributed by atoms with van der Waals surface area (Å²) in [5, 5.41) is 10.9. The van der Waals surface area contributed by atoms with E-state index in [-0.39, 0.29) is 0 Å². The van der Waals surface area contributed by atoms with Crippen LogP contribution in [0.3, 0.4) is 0 Å². The first-order chi connectivity index (χ1) is 7.13. The Labute approximate surface area is 90.2 Å². The molecule has 2 rings (SSSR count). The van der Waals surface area contributed by atoms with E-state index in [1.54, 1.807) is 0 Å². The number of benzene rings is 1. The lowest BCUT2D eigenvalue weighted by atomic mass is 10.2. The van der Waals surface area contributed by atoms with E-state index in [9.17, 15) is 5.11 Å². The standard InChI is InChI=1S/C13H17NO/c1-4-14-12(10(3)15)8-11-6-5-9(2)7-13(11)14/h5-8,10,15H,4H2,1-3H3. The monoisotopic (exact) mass is 203 g/mol. The molecule has 15 heavy (non-hydrogen) atoms. The number of aromatic nitrogens is 1. The molecule has 2 heteroatoms. The number of aliphatic hydroxyl groups is 1. The van der Waals surface area contributed by atoms with Crippen molar-refractivity contribution in [3.05, 3.63) is 35.5 Å². The minimum atomic E-state index is -0.405. The SMILES string of the molecule is CCn1c(C(C)O)cc2ccc(C)cc21. The van der Waals surface area contributed by atoms with Gasteiger partial charge < -0.3 is 9.67 Å². The summed E-state index contributed by atoms with van der Waals surface area (Å²) in [6.45, 7) is 6.91. The summed E-state index contributed by atoms with van der Waals surface area (Å²) in [6, 6.07) is 8.46. The van der Waals surface area contributed by atoms with Crippen LogP contribution in [0.4, 0.5) is 0 Å². The van der Waals surface area contributed by atoms with Crippen LogP contribution in [0, 0.1) is 6.92 Å². The normalized spacial score (nSPS) is 13.3. The van der Waals surface area contributed by atoms with E-state index in [0.717, 1.165) is 12.2 Å². The van der Waals surface area contributed by atoms with Gasteiger partial charge in [0.1, 0.15) is 0 Å². The first kappa shape index (κ1) is 10.2. The second-order valence-corrected chi connectivity index (χ2v) is 4.05. The minimum absolute atomic E-state index is 0.405. The average Bonchev–Trinajstić information content (AvgIpc) is 2.55. The third-order valence-electron chi connectivity index (χ3n) is 2.84. The highest BCUT2D eigenvalue weighted by atomic mass is 16.3.